The molecule has 0 radical (unpaired) electrons. The van der Waals surface area contributed by atoms with E-state index in [-0.39, 0.29) is 5.91 Å². The van der Waals surface area contributed by atoms with Crippen LogP contribution >= 0.6 is 0 Å². The minimum Gasteiger partial charge on any atom is -0.382 e. The molecule has 2 N–H and O–H groups in total. The van der Waals surface area contributed by atoms with Crippen LogP contribution in [0.4, 0.5) is 5.82 Å². The molecule has 2 heterocycles. The van der Waals surface area contributed by atoms with Crippen molar-refractivity contribution in [2.75, 3.05) is 18.8 Å². The molecular weight excluding hydrogens is 386 g/mol. The van der Waals surface area contributed by atoms with Crippen molar-refractivity contribution >= 4 is 33.7 Å². The van der Waals surface area contributed by atoms with Gasteiger partial charge >= 0.3 is 0 Å². The van der Waals surface area contributed by atoms with E-state index < -0.39 is 0 Å². The second-order valence-electron chi connectivity index (χ2n) is 7.95. The van der Waals surface area contributed by atoms with Crippen molar-refractivity contribution in [1.82, 2.24) is 19.4 Å². The Morgan fingerprint density at radius 1 is 1.00 bits per heavy atom. The van der Waals surface area contributed by atoms with Crippen LogP contribution in [0.5, 0.6) is 0 Å². The molecule has 4 rings (SSSR count). The van der Waals surface area contributed by atoms with Crippen LogP contribution in [0, 0.1) is 0 Å². The lowest BCUT2D eigenvalue weighted by Crippen LogP contribution is -2.31. The summed E-state index contributed by atoms with van der Waals surface area (Å²) >= 11 is 0. The van der Waals surface area contributed by atoms with E-state index >= 15 is 0 Å². The topological polar surface area (TPSA) is 77.0 Å². The number of hydrogen-bond donors (Lipinski definition) is 1. The van der Waals surface area contributed by atoms with E-state index in [9.17, 15) is 4.79 Å². The van der Waals surface area contributed by atoms with E-state index in [1.54, 1.807) is 6.92 Å². The zero-order valence-corrected chi connectivity index (χ0v) is 18.0. The number of benzene rings is 2. The number of pyridine rings is 1. The van der Waals surface area contributed by atoms with Crippen LogP contribution < -0.4 is 5.73 Å². The van der Waals surface area contributed by atoms with E-state index in [0.29, 0.717) is 5.82 Å². The second-order valence-corrected chi connectivity index (χ2v) is 7.95. The SMILES string of the molecule is CC(=O)N(CCCCn1cnc2c(N)nc3ccccc3c21)CCCc1ccccc1. The van der Waals surface area contributed by atoms with E-state index in [4.69, 9.17) is 5.73 Å². The number of nitrogens with two attached hydrogens (primary N) is 1. The normalized spacial score (nSPS) is 11.3. The van der Waals surface area contributed by atoms with Crippen molar-refractivity contribution < 1.29 is 4.79 Å². The van der Waals surface area contributed by atoms with E-state index in [1.165, 1.54) is 5.56 Å². The van der Waals surface area contributed by atoms with Gasteiger partial charge in [0.15, 0.2) is 5.82 Å². The molecule has 0 aliphatic heterocycles. The van der Waals surface area contributed by atoms with Gasteiger partial charge in [0.1, 0.15) is 5.52 Å². The number of unbranched alkanes of at least 4 members (excludes halogenated alkanes) is 1. The number of amides is 1. The maximum Gasteiger partial charge on any atom is 0.219 e. The number of aryl methyl sites for hydroxylation is 2. The number of nitrogen functional groups attached to an aromatic ring is 1. The first-order valence-electron chi connectivity index (χ1n) is 10.9. The third-order valence-electron chi connectivity index (χ3n) is 5.74. The van der Waals surface area contributed by atoms with Gasteiger partial charge in [0.05, 0.1) is 17.4 Å². The summed E-state index contributed by atoms with van der Waals surface area (Å²) in [6.45, 7) is 4.07. The summed E-state index contributed by atoms with van der Waals surface area (Å²) in [6, 6.07) is 18.4. The molecule has 0 aliphatic rings. The molecule has 160 valence electrons. The minimum atomic E-state index is 0.144. The molecule has 2 aromatic heterocycles. The second kappa shape index (κ2) is 9.60. The molecule has 0 bridgehead atoms. The van der Waals surface area contributed by atoms with Crippen LogP contribution in [-0.4, -0.2) is 38.4 Å². The Kier molecular flexibility index (Phi) is 6.46. The highest BCUT2D eigenvalue weighted by Crippen LogP contribution is 2.27. The van der Waals surface area contributed by atoms with Gasteiger partial charge in [-0.25, -0.2) is 9.97 Å². The monoisotopic (exact) mass is 415 g/mol. The van der Waals surface area contributed by atoms with Gasteiger partial charge in [0.2, 0.25) is 5.91 Å². The third kappa shape index (κ3) is 4.85. The van der Waals surface area contributed by atoms with Crippen molar-refractivity contribution in [3.8, 4) is 0 Å². The van der Waals surface area contributed by atoms with Gasteiger partial charge in [-0.05, 0) is 37.3 Å². The summed E-state index contributed by atoms with van der Waals surface area (Å²) in [5, 5.41) is 1.07. The Hall–Kier alpha value is -3.41. The Bertz CT molecular complexity index is 1170. The van der Waals surface area contributed by atoms with E-state index in [0.717, 1.165) is 67.3 Å². The van der Waals surface area contributed by atoms with Crippen LogP contribution in [-0.2, 0) is 17.8 Å². The number of carbonyl (C=O) groups is 1. The highest BCUT2D eigenvalue weighted by molar-refractivity contribution is 6.06. The number of fused-ring (bicyclic) bond motifs is 3. The molecule has 6 nitrogen and oxygen atoms in total. The molecule has 0 atom stereocenters. The van der Waals surface area contributed by atoms with Gasteiger partial charge in [0.25, 0.3) is 0 Å². The van der Waals surface area contributed by atoms with Crippen LogP contribution in [0.25, 0.3) is 21.9 Å². The van der Waals surface area contributed by atoms with Gasteiger partial charge in [-0.2, -0.15) is 0 Å². The molecule has 0 saturated heterocycles. The van der Waals surface area contributed by atoms with Crippen molar-refractivity contribution in [1.29, 1.82) is 0 Å². The summed E-state index contributed by atoms with van der Waals surface area (Å²) in [5.74, 6) is 0.611. The van der Waals surface area contributed by atoms with Crippen molar-refractivity contribution in [3.05, 3.63) is 66.5 Å². The molecule has 0 spiro atoms. The average Bonchev–Trinajstić information content (AvgIpc) is 3.21. The summed E-state index contributed by atoms with van der Waals surface area (Å²) in [4.78, 5) is 23.0. The van der Waals surface area contributed by atoms with E-state index in [2.05, 4.69) is 44.9 Å². The van der Waals surface area contributed by atoms with Gasteiger partial charge in [0, 0.05) is 31.9 Å². The lowest BCUT2D eigenvalue weighted by Gasteiger charge is -2.21. The molecule has 6 heteroatoms. The van der Waals surface area contributed by atoms with Gasteiger partial charge in [-0.15, -0.1) is 0 Å². The van der Waals surface area contributed by atoms with Crippen molar-refractivity contribution in [2.24, 2.45) is 0 Å². The summed E-state index contributed by atoms with van der Waals surface area (Å²) in [6.07, 6.45) is 5.73. The quantitative estimate of drug-likeness (QED) is 0.410. The Morgan fingerprint density at radius 3 is 2.55 bits per heavy atom. The average molecular weight is 416 g/mol. The van der Waals surface area contributed by atoms with Crippen LogP contribution in [0.2, 0.25) is 0 Å². The Morgan fingerprint density at radius 2 is 1.74 bits per heavy atom. The largest absolute Gasteiger partial charge is 0.382 e. The minimum absolute atomic E-state index is 0.144. The van der Waals surface area contributed by atoms with Gasteiger partial charge in [-0.1, -0.05) is 48.5 Å². The predicted molar refractivity (Wildman–Crippen MR) is 126 cm³/mol. The molecule has 0 unspecified atom stereocenters. The fourth-order valence-electron chi connectivity index (χ4n) is 4.11. The zero-order valence-electron chi connectivity index (χ0n) is 18.0. The number of imidazole rings is 1. The maximum absolute atomic E-state index is 12.1. The van der Waals surface area contributed by atoms with Crippen LogP contribution in [0.1, 0.15) is 31.7 Å². The molecule has 0 fully saturated rings. The Balaban J connectivity index is 1.34. The highest BCUT2D eigenvalue weighted by atomic mass is 16.2. The van der Waals surface area contributed by atoms with Gasteiger partial charge in [-0.3, -0.25) is 4.79 Å². The zero-order chi connectivity index (χ0) is 21.6. The first kappa shape index (κ1) is 20.8. The number of aromatic nitrogens is 3. The summed E-state index contributed by atoms with van der Waals surface area (Å²) in [7, 11) is 0. The first-order valence-corrected chi connectivity index (χ1v) is 10.9. The Labute approximate surface area is 182 Å². The molecule has 2 aromatic carbocycles. The smallest absolute Gasteiger partial charge is 0.219 e. The van der Waals surface area contributed by atoms with Crippen LogP contribution in [0.15, 0.2) is 60.9 Å². The fourth-order valence-corrected chi connectivity index (χ4v) is 4.11. The standard InChI is InChI=1S/C25H29N5O/c1-19(31)29(17-9-12-20-10-3-2-4-11-20)15-7-8-16-30-18-27-23-24(30)21-13-5-6-14-22(21)28-25(23)26/h2-6,10-11,13-14,18H,7-9,12,15-17H2,1H3,(H2,26,28). The maximum atomic E-state index is 12.1. The number of rotatable bonds is 9. The number of carbonyl (C=O) groups excluding carboxylic acids is 1. The van der Waals surface area contributed by atoms with E-state index in [1.807, 2.05) is 35.5 Å². The number of hydrogen-bond acceptors (Lipinski definition) is 4. The fraction of sp³-hybridized carbons (Fsp3) is 0.320. The van der Waals surface area contributed by atoms with Crippen molar-refractivity contribution in [3.63, 3.8) is 0 Å². The molecule has 1 amide bonds. The molecular formula is C25H29N5O. The van der Waals surface area contributed by atoms with Gasteiger partial charge < -0.3 is 15.2 Å². The predicted octanol–water partition coefficient (Wildman–Crippen LogP) is 4.43. The molecule has 0 aliphatic carbocycles. The lowest BCUT2D eigenvalue weighted by molar-refractivity contribution is -0.129. The summed E-state index contributed by atoms with van der Waals surface area (Å²) < 4.78 is 2.16. The highest BCUT2D eigenvalue weighted by Gasteiger charge is 2.12. The lowest BCUT2D eigenvalue weighted by atomic mass is 10.1. The number of nitrogens with zero attached hydrogens (tertiary/aromatic N) is 4. The van der Waals surface area contributed by atoms with Crippen molar-refractivity contribution in [2.45, 2.75) is 39.2 Å². The third-order valence-corrected chi connectivity index (χ3v) is 5.74. The molecule has 0 saturated carbocycles. The number of para-hydroxylation sites is 1. The number of anilines is 1. The summed E-state index contributed by atoms with van der Waals surface area (Å²) in [5.41, 5.74) is 10.1. The van der Waals surface area contributed by atoms with Crippen LogP contribution in [0.3, 0.4) is 0 Å². The first-order chi connectivity index (χ1) is 15.1. The molecule has 31 heavy (non-hydrogen) atoms. The molecule has 4 aromatic rings.